The standard InChI is InChI=1S/C28H32N4O4S2/c1-32(2)38(35,36)26-12-10-22(11-13-26)7-6-15-29-17-18-31-37(33,34)28-20-24(23-8-4-3-5-9-23)19-25-21-30-16-14-27(25)28/h3-5,8-14,16,19-21,29,31H,6-7,15,17-18H2,1-2H3. The summed E-state index contributed by atoms with van der Waals surface area (Å²) in [6.07, 6.45) is 4.90. The molecule has 1 heterocycles. The van der Waals surface area contributed by atoms with Gasteiger partial charge in [0.15, 0.2) is 0 Å². The van der Waals surface area contributed by atoms with Crippen molar-refractivity contribution in [2.75, 3.05) is 33.7 Å². The normalized spacial score (nSPS) is 12.3. The molecule has 2 N–H and O–H groups in total. The molecule has 0 atom stereocenters. The highest BCUT2D eigenvalue weighted by Crippen LogP contribution is 2.30. The first kappa shape index (κ1) is 27.9. The minimum Gasteiger partial charge on any atom is -0.315 e. The second-order valence-corrected chi connectivity index (χ2v) is 13.0. The topological polar surface area (TPSA) is 108 Å². The summed E-state index contributed by atoms with van der Waals surface area (Å²) in [6, 6.07) is 22.0. The van der Waals surface area contributed by atoms with Crippen molar-refractivity contribution in [3.8, 4) is 11.1 Å². The van der Waals surface area contributed by atoms with Crippen LogP contribution in [0.3, 0.4) is 0 Å². The van der Waals surface area contributed by atoms with E-state index in [-0.39, 0.29) is 16.3 Å². The summed E-state index contributed by atoms with van der Waals surface area (Å²) in [6.45, 7) is 1.44. The van der Waals surface area contributed by atoms with E-state index in [2.05, 4.69) is 15.0 Å². The van der Waals surface area contributed by atoms with Crippen LogP contribution in [0.5, 0.6) is 0 Å². The van der Waals surface area contributed by atoms with Gasteiger partial charge in [-0.2, -0.15) is 0 Å². The summed E-state index contributed by atoms with van der Waals surface area (Å²) >= 11 is 0. The van der Waals surface area contributed by atoms with Gasteiger partial charge in [0.05, 0.1) is 9.79 Å². The summed E-state index contributed by atoms with van der Waals surface area (Å²) < 4.78 is 54.7. The fourth-order valence-electron chi connectivity index (χ4n) is 4.13. The average molecular weight is 553 g/mol. The van der Waals surface area contributed by atoms with Crippen molar-refractivity contribution >= 4 is 30.8 Å². The molecule has 4 aromatic rings. The van der Waals surface area contributed by atoms with E-state index in [9.17, 15) is 16.8 Å². The molecule has 0 aliphatic heterocycles. The zero-order valence-electron chi connectivity index (χ0n) is 21.5. The highest BCUT2D eigenvalue weighted by atomic mass is 32.2. The minimum absolute atomic E-state index is 0.232. The van der Waals surface area contributed by atoms with Crippen LogP contribution in [0.1, 0.15) is 12.0 Å². The number of hydrogen-bond donors (Lipinski definition) is 2. The summed E-state index contributed by atoms with van der Waals surface area (Å²) in [5.41, 5.74) is 2.80. The smallest absolute Gasteiger partial charge is 0.242 e. The quantitative estimate of drug-likeness (QED) is 0.260. The number of benzene rings is 3. The summed E-state index contributed by atoms with van der Waals surface area (Å²) in [4.78, 5) is 4.67. The number of aromatic nitrogens is 1. The Bertz CT molecular complexity index is 1590. The van der Waals surface area contributed by atoms with Gasteiger partial charge in [0, 0.05) is 50.4 Å². The van der Waals surface area contributed by atoms with Crippen LogP contribution in [0.4, 0.5) is 0 Å². The molecule has 0 fully saturated rings. The van der Waals surface area contributed by atoms with E-state index >= 15 is 0 Å². The van der Waals surface area contributed by atoms with Gasteiger partial charge < -0.3 is 5.32 Å². The summed E-state index contributed by atoms with van der Waals surface area (Å²) in [7, 11) is -4.15. The molecule has 0 spiro atoms. The second kappa shape index (κ2) is 12.1. The first-order chi connectivity index (χ1) is 18.2. The maximum absolute atomic E-state index is 13.2. The van der Waals surface area contributed by atoms with Crippen LogP contribution in [0.15, 0.2) is 95.0 Å². The van der Waals surface area contributed by atoms with Gasteiger partial charge in [-0.05, 0) is 66.4 Å². The molecule has 0 unspecified atom stereocenters. The molecule has 0 saturated heterocycles. The number of hydrogen-bond acceptors (Lipinski definition) is 6. The average Bonchev–Trinajstić information content (AvgIpc) is 2.92. The third-order valence-electron chi connectivity index (χ3n) is 6.23. The van der Waals surface area contributed by atoms with E-state index < -0.39 is 20.0 Å². The van der Waals surface area contributed by atoms with Crippen molar-refractivity contribution < 1.29 is 16.8 Å². The van der Waals surface area contributed by atoms with Crippen molar-refractivity contribution in [2.45, 2.75) is 22.6 Å². The van der Waals surface area contributed by atoms with Gasteiger partial charge in [0.25, 0.3) is 0 Å². The predicted molar refractivity (Wildman–Crippen MR) is 151 cm³/mol. The van der Waals surface area contributed by atoms with Gasteiger partial charge in [-0.25, -0.2) is 25.9 Å². The molecule has 200 valence electrons. The Kier molecular flexibility index (Phi) is 8.91. The number of fused-ring (bicyclic) bond motifs is 1. The third kappa shape index (κ3) is 6.64. The molecule has 4 rings (SSSR count). The maximum atomic E-state index is 13.2. The molecule has 38 heavy (non-hydrogen) atoms. The molecular formula is C28H32N4O4S2. The van der Waals surface area contributed by atoms with Gasteiger partial charge in [0.1, 0.15) is 0 Å². The highest BCUT2D eigenvalue weighted by molar-refractivity contribution is 7.89. The van der Waals surface area contributed by atoms with Gasteiger partial charge in [-0.1, -0.05) is 42.5 Å². The van der Waals surface area contributed by atoms with E-state index in [1.807, 2.05) is 48.5 Å². The summed E-state index contributed by atoms with van der Waals surface area (Å²) in [5.74, 6) is 0. The summed E-state index contributed by atoms with van der Waals surface area (Å²) in [5, 5.41) is 4.66. The Hall–Kier alpha value is -3.15. The molecule has 0 aliphatic rings. The minimum atomic E-state index is -3.75. The zero-order chi connectivity index (χ0) is 27.2. The molecule has 10 heteroatoms. The van der Waals surface area contributed by atoms with E-state index in [4.69, 9.17) is 0 Å². The fourth-order valence-corrected chi connectivity index (χ4v) is 6.31. The Morgan fingerprint density at radius 2 is 1.55 bits per heavy atom. The van der Waals surface area contributed by atoms with Crippen LogP contribution < -0.4 is 10.0 Å². The van der Waals surface area contributed by atoms with E-state index in [1.165, 1.54) is 18.4 Å². The number of nitrogens with one attached hydrogen (secondary N) is 2. The van der Waals surface area contributed by atoms with Crippen molar-refractivity contribution in [3.05, 3.63) is 90.8 Å². The van der Waals surface area contributed by atoms with E-state index in [0.717, 1.165) is 34.9 Å². The molecule has 3 aromatic carbocycles. The Morgan fingerprint density at radius 3 is 2.26 bits per heavy atom. The Morgan fingerprint density at radius 1 is 0.816 bits per heavy atom. The van der Waals surface area contributed by atoms with Crippen molar-refractivity contribution in [1.29, 1.82) is 0 Å². The molecule has 1 aromatic heterocycles. The lowest BCUT2D eigenvalue weighted by molar-refractivity contribution is 0.520. The first-order valence-corrected chi connectivity index (χ1v) is 15.3. The van der Waals surface area contributed by atoms with Crippen LogP contribution in [-0.4, -0.2) is 59.9 Å². The molecule has 0 amide bonds. The molecule has 0 bridgehead atoms. The molecule has 0 radical (unpaired) electrons. The Labute approximate surface area is 224 Å². The fraction of sp³-hybridized carbons (Fsp3) is 0.250. The van der Waals surface area contributed by atoms with E-state index in [1.54, 1.807) is 36.7 Å². The third-order valence-corrected chi connectivity index (χ3v) is 9.56. The molecule has 0 saturated carbocycles. The number of sulfonamides is 2. The van der Waals surface area contributed by atoms with Crippen LogP contribution in [0.25, 0.3) is 21.9 Å². The second-order valence-electron chi connectivity index (χ2n) is 9.12. The zero-order valence-corrected chi connectivity index (χ0v) is 23.1. The highest BCUT2D eigenvalue weighted by Gasteiger charge is 2.19. The number of pyridine rings is 1. The molecule has 8 nitrogen and oxygen atoms in total. The van der Waals surface area contributed by atoms with Crippen LogP contribution >= 0.6 is 0 Å². The molecule has 0 aliphatic carbocycles. The molecular weight excluding hydrogens is 520 g/mol. The van der Waals surface area contributed by atoms with Gasteiger partial charge in [0.2, 0.25) is 20.0 Å². The number of nitrogens with zero attached hydrogens (tertiary/aromatic N) is 2. The predicted octanol–water partition coefficient (Wildman–Crippen LogP) is 3.65. The monoisotopic (exact) mass is 552 g/mol. The van der Waals surface area contributed by atoms with Crippen molar-refractivity contribution in [1.82, 2.24) is 19.3 Å². The number of aryl methyl sites for hydroxylation is 1. The maximum Gasteiger partial charge on any atom is 0.242 e. The van der Waals surface area contributed by atoms with Crippen molar-refractivity contribution in [2.24, 2.45) is 0 Å². The van der Waals surface area contributed by atoms with Gasteiger partial charge >= 0.3 is 0 Å². The lowest BCUT2D eigenvalue weighted by atomic mass is 10.0. The van der Waals surface area contributed by atoms with Crippen LogP contribution in [0, 0.1) is 0 Å². The first-order valence-electron chi connectivity index (χ1n) is 12.3. The van der Waals surface area contributed by atoms with Crippen molar-refractivity contribution in [3.63, 3.8) is 0 Å². The van der Waals surface area contributed by atoms with Gasteiger partial charge in [-0.15, -0.1) is 0 Å². The van der Waals surface area contributed by atoms with Gasteiger partial charge in [-0.3, -0.25) is 4.98 Å². The lowest BCUT2D eigenvalue weighted by Crippen LogP contribution is -2.32. The van der Waals surface area contributed by atoms with E-state index in [0.29, 0.717) is 18.5 Å². The lowest BCUT2D eigenvalue weighted by Gasteiger charge is -2.13. The largest absolute Gasteiger partial charge is 0.315 e. The number of rotatable bonds is 12. The SMILES string of the molecule is CN(C)S(=O)(=O)c1ccc(CCCNCCNS(=O)(=O)c2cc(-c3ccccc3)cc3cnccc23)cc1. The van der Waals surface area contributed by atoms with Crippen LogP contribution in [-0.2, 0) is 26.5 Å². The Balaban J connectivity index is 1.31. The van der Waals surface area contributed by atoms with Crippen LogP contribution in [0.2, 0.25) is 0 Å².